The highest BCUT2D eigenvalue weighted by Gasteiger charge is 2.18. The number of nitrogens with two attached hydrogens (primary N) is 1. The molecule has 1 atom stereocenters. The molecule has 0 saturated carbocycles. The molecule has 1 aliphatic heterocycles. The number of halogens is 2. The second-order valence-corrected chi connectivity index (χ2v) is 5.21. The summed E-state index contributed by atoms with van der Waals surface area (Å²) >= 11 is 6.19. The average molecular weight is 305 g/mol. The van der Waals surface area contributed by atoms with Gasteiger partial charge in [0.15, 0.2) is 0 Å². The van der Waals surface area contributed by atoms with Crippen molar-refractivity contribution in [1.82, 2.24) is 4.90 Å². The number of likely N-dealkylation sites (tertiary alicyclic amines) is 1. The predicted octanol–water partition coefficient (Wildman–Crippen LogP) is 3.08. The van der Waals surface area contributed by atoms with Crippen molar-refractivity contribution in [2.45, 2.75) is 32.4 Å². The Balaban J connectivity index is 0.00000180. The Morgan fingerprint density at radius 1 is 1.47 bits per heavy atom. The largest absolute Gasteiger partial charge is 0.492 e. The first kappa shape index (κ1) is 16.6. The lowest BCUT2D eigenvalue weighted by atomic mass is 10.1. The Morgan fingerprint density at radius 3 is 2.95 bits per heavy atom. The molecule has 19 heavy (non-hydrogen) atoms. The third-order valence-corrected chi connectivity index (χ3v) is 3.57. The lowest BCUT2D eigenvalue weighted by molar-refractivity contribution is 0.198. The SMILES string of the molecule is CCOc1c(Cl)cccc1CN1CCCC(N)C1.Cl. The third kappa shape index (κ3) is 4.53. The molecular formula is C14H22Cl2N2O. The van der Waals surface area contributed by atoms with Crippen LogP contribution < -0.4 is 10.5 Å². The standard InChI is InChI=1S/C14H21ClN2O.ClH/c1-2-18-14-11(5-3-7-13(14)15)9-17-8-4-6-12(16)10-17;/h3,5,7,12H,2,4,6,8-10,16H2,1H3;1H. The van der Waals surface area contributed by atoms with Crippen molar-refractivity contribution in [1.29, 1.82) is 0 Å². The van der Waals surface area contributed by atoms with Crippen LogP contribution in [0.1, 0.15) is 25.3 Å². The van der Waals surface area contributed by atoms with Gasteiger partial charge in [-0.2, -0.15) is 0 Å². The molecule has 0 spiro atoms. The molecule has 0 radical (unpaired) electrons. The van der Waals surface area contributed by atoms with E-state index in [1.807, 2.05) is 19.1 Å². The Labute approximate surface area is 126 Å². The van der Waals surface area contributed by atoms with Gasteiger partial charge in [-0.1, -0.05) is 23.7 Å². The van der Waals surface area contributed by atoms with Crippen molar-refractivity contribution in [3.8, 4) is 5.75 Å². The maximum Gasteiger partial charge on any atom is 0.142 e. The summed E-state index contributed by atoms with van der Waals surface area (Å²) in [5.41, 5.74) is 7.16. The van der Waals surface area contributed by atoms with Gasteiger partial charge in [-0.15, -0.1) is 12.4 Å². The summed E-state index contributed by atoms with van der Waals surface area (Å²) in [5.74, 6) is 0.820. The van der Waals surface area contributed by atoms with Crippen LogP contribution in [0, 0.1) is 0 Å². The summed E-state index contributed by atoms with van der Waals surface area (Å²) in [6, 6.07) is 6.23. The first-order valence-electron chi connectivity index (χ1n) is 6.58. The molecule has 5 heteroatoms. The Morgan fingerprint density at radius 2 is 2.26 bits per heavy atom. The van der Waals surface area contributed by atoms with Crippen LogP contribution in [0.3, 0.4) is 0 Å². The minimum absolute atomic E-state index is 0. The molecule has 108 valence electrons. The molecule has 1 aromatic carbocycles. The van der Waals surface area contributed by atoms with E-state index in [1.165, 1.54) is 6.42 Å². The predicted molar refractivity (Wildman–Crippen MR) is 82.4 cm³/mol. The first-order chi connectivity index (χ1) is 8.70. The number of hydrogen-bond acceptors (Lipinski definition) is 3. The van der Waals surface area contributed by atoms with Crippen LogP contribution in [0.25, 0.3) is 0 Å². The van der Waals surface area contributed by atoms with Crippen molar-refractivity contribution >= 4 is 24.0 Å². The van der Waals surface area contributed by atoms with Crippen LogP contribution >= 0.6 is 24.0 Å². The van der Waals surface area contributed by atoms with E-state index in [-0.39, 0.29) is 12.4 Å². The third-order valence-electron chi connectivity index (χ3n) is 3.27. The number of benzene rings is 1. The molecule has 0 aliphatic carbocycles. The van der Waals surface area contributed by atoms with Crippen molar-refractivity contribution in [2.24, 2.45) is 5.73 Å². The van der Waals surface area contributed by atoms with Gasteiger partial charge in [0, 0.05) is 24.7 Å². The minimum Gasteiger partial charge on any atom is -0.492 e. The van der Waals surface area contributed by atoms with Crippen LogP contribution in [-0.2, 0) is 6.54 Å². The molecule has 0 amide bonds. The van der Waals surface area contributed by atoms with Gasteiger partial charge >= 0.3 is 0 Å². The van der Waals surface area contributed by atoms with E-state index in [4.69, 9.17) is 22.1 Å². The lowest BCUT2D eigenvalue weighted by Crippen LogP contribution is -2.42. The Kier molecular flexibility index (Phi) is 6.94. The minimum atomic E-state index is 0. The molecule has 1 unspecified atom stereocenters. The number of nitrogens with zero attached hydrogens (tertiary/aromatic N) is 1. The quantitative estimate of drug-likeness (QED) is 0.929. The molecule has 0 aromatic heterocycles. The summed E-state index contributed by atoms with van der Waals surface area (Å²) < 4.78 is 5.65. The van der Waals surface area contributed by atoms with Gasteiger partial charge in [0.1, 0.15) is 5.75 Å². The molecule has 3 nitrogen and oxygen atoms in total. The highest BCUT2D eigenvalue weighted by Crippen LogP contribution is 2.30. The first-order valence-corrected chi connectivity index (χ1v) is 6.96. The lowest BCUT2D eigenvalue weighted by Gasteiger charge is -2.31. The number of ether oxygens (including phenoxy) is 1. The van der Waals surface area contributed by atoms with Crippen LogP contribution in [0.15, 0.2) is 18.2 Å². The van der Waals surface area contributed by atoms with Crippen molar-refractivity contribution < 1.29 is 4.74 Å². The summed E-state index contributed by atoms with van der Waals surface area (Å²) in [5, 5.41) is 0.690. The van der Waals surface area contributed by atoms with E-state index in [0.717, 1.165) is 37.4 Å². The molecule has 1 aromatic rings. The fraction of sp³-hybridized carbons (Fsp3) is 0.571. The molecule has 1 aliphatic rings. The number of hydrogen-bond donors (Lipinski definition) is 1. The summed E-state index contributed by atoms with van der Waals surface area (Å²) in [6.07, 6.45) is 2.30. The van der Waals surface area contributed by atoms with Crippen LogP contribution in [0.4, 0.5) is 0 Å². The maximum atomic E-state index is 6.19. The van der Waals surface area contributed by atoms with Gasteiger partial charge in [-0.05, 0) is 32.4 Å². The van der Waals surface area contributed by atoms with E-state index in [2.05, 4.69) is 11.0 Å². The van der Waals surface area contributed by atoms with Gasteiger partial charge in [0.05, 0.1) is 11.6 Å². The van der Waals surface area contributed by atoms with Crippen molar-refractivity contribution in [3.63, 3.8) is 0 Å². The zero-order valence-electron chi connectivity index (χ0n) is 11.3. The molecular weight excluding hydrogens is 283 g/mol. The number of piperidine rings is 1. The fourth-order valence-corrected chi connectivity index (χ4v) is 2.71. The molecule has 1 saturated heterocycles. The van der Waals surface area contributed by atoms with Crippen molar-refractivity contribution in [2.75, 3.05) is 19.7 Å². The van der Waals surface area contributed by atoms with E-state index < -0.39 is 0 Å². The molecule has 2 rings (SSSR count). The fourth-order valence-electron chi connectivity index (χ4n) is 2.46. The van der Waals surface area contributed by atoms with Gasteiger partial charge in [-0.3, -0.25) is 4.90 Å². The van der Waals surface area contributed by atoms with Crippen LogP contribution in [-0.4, -0.2) is 30.6 Å². The summed E-state index contributed by atoms with van der Waals surface area (Å²) in [4.78, 5) is 2.38. The Bertz CT molecular complexity index is 401. The molecule has 2 N–H and O–H groups in total. The van der Waals surface area contributed by atoms with E-state index in [1.54, 1.807) is 0 Å². The number of rotatable bonds is 4. The summed E-state index contributed by atoms with van der Waals surface area (Å²) in [7, 11) is 0. The zero-order chi connectivity index (χ0) is 13.0. The highest BCUT2D eigenvalue weighted by atomic mass is 35.5. The van der Waals surface area contributed by atoms with E-state index >= 15 is 0 Å². The highest BCUT2D eigenvalue weighted by molar-refractivity contribution is 6.32. The number of para-hydroxylation sites is 1. The van der Waals surface area contributed by atoms with Crippen molar-refractivity contribution in [3.05, 3.63) is 28.8 Å². The van der Waals surface area contributed by atoms with Gasteiger partial charge < -0.3 is 10.5 Å². The molecule has 0 bridgehead atoms. The molecule has 1 fully saturated rings. The van der Waals surface area contributed by atoms with E-state index in [0.29, 0.717) is 17.7 Å². The normalized spacial score (nSPS) is 19.8. The van der Waals surface area contributed by atoms with Gasteiger partial charge in [-0.25, -0.2) is 0 Å². The topological polar surface area (TPSA) is 38.5 Å². The van der Waals surface area contributed by atoms with Crippen LogP contribution in [0.2, 0.25) is 5.02 Å². The summed E-state index contributed by atoms with van der Waals surface area (Å²) in [6.45, 7) is 5.54. The second-order valence-electron chi connectivity index (χ2n) is 4.80. The van der Waals surface area contributed by atoms with Gasteiger partial charge in [0.25, 0.3) is 0 Å². The molecule has 1 heterocycles. The van der Waals surface area contributed by atoms with Crippen LogP contribution in [0.5, 0.6) is 5.75 Å². The van der Waals surface area contributed by atoms with E-state index in [9.17, 15) is 0 Å². The maximum absolute atomic E-state index is 6.19. The Hall–Kier alpha value is -0.480. The zero-order valence-corrected chi connectivity index (χ0v) is 12.8. The average Bonchev–Trinajstić information content (AvgIpc) is 2.34. The smallest absolute Gasteiger partial charge is 0.142 e. The monoisotopic (exact) mass is 304 g/mol. The second kappa shape index (κ2) is 7.95. The van der Waals surface area contributed by atoms with Gasteiger partial charge in [0.2, 0.25) is 0 Å².